The number of hydrogen-bond donors (Lipinski definition) is 2. The summed E-state index contributed by atoms with van der Waals surface area (Å²) in [6.45, 7) is 6.59. The SMILES string of the molecule is CCC(C)N(CCOC)C(=O)NC(C)CC(=O)O. The van der Waals surface area contributed by atoms with Crippen LogP contribution in [0.3, 0.4) is 0 Å². The number of hydrogen-bond acceptors (Lipinski definition) is 3. The van der Waals surface area contributed by atoms with Crippen LogP contribution in [0.15, 0.2) is 0 Å². The van der Waals surface area contributed by atoms with Crippen LogP contribution in [0, 0.1) is 0 Å². The Hall–Kier alpha value is -1.30. The first-order valence-electron chi connectivity index (χ1n) is 6.20. The van der Waals surface area contributed by atoms with E-state index in [-0.39, 0.29) is 24.5 Å². The smallest absolute Gasteiger partial charge is 0.317 e. The predicted molar refractivity (Wildman–Crippen MR) is 68.6 cm³/mol. The lowest BCUT2D eigenvalue weighted by molar-refractivity contribution is -0.137. The van der Waals surface area contributed by atoms with Crippen molar-refractivity contribution in [3.8, 4) is 0 Å². The van der Waals surface area contributed by atoms with E-state index >= 15 is 0 Å². The molecule has 0 fully saturated rings. The molecule has 18 heavy (non-hydrogen) atoms. The van der Waals surface area contributed by atoms with Crippen molar-refractivity contribution < 1.29 is 19.4 Å². The van der Waals surface area contributed by atoms with Crippen molar-refractivity contribution in [3.05, 3.63) is 0 Å². The minimum absolute atomic E-state index is 0.0790. The summed E-state index contributed by atoms with van der Waals surface area (Å²) in [4.78, 5) is 24.2. The van der Waals surface area contributed by atoms with Gasteiger partial charge < -0.3 is 20.1 Å². The fourth-order valence-corrected chi connectivity index (χ4v) is 1.54. The minimum atomic E-state index is -0.921. The Labute approximate surface area is 108 Å². The second kappa shape index (κ2) is 8.74. The monoisotopic (exact) mass is 260 g/mol. The minimum Gasteiger partial charge on any atom is -0.481 e. The highest BCUT2D eigenvalue weighted by Gasteiger charge is 2.20. The molecule has 0 aromatic rings. The first-order valence-corrected chi connectivity index (χ1v) is 6.20. The van der Waals surface area contributed by atoms with Crippen molar-refractivity contribution in [1.29, 1.82) is 0 Å². The van der Waals surface area contributed by atoms with E-state index in [0.717, 1.165) is 6.42 Å². The molecule has 0 aliphatic rings. The average Bonchev–Trinajstić information content (AvgIpc) is 2.27. The van der Waals surface area contributed by atoms with Crippen molar-refractivity contribution in [1.82, 2.24) is 10.2 Å². The van der Waals surface area contributed by atoms with Crippen LogP contribution >= 0.6 is 0 Å². The van der Waals surface area contributed by atoms with E-state index in [9.17, 15) is 9.59 Å². The van der Waals surface area contributed by atoms with Crippen LogP contribution in [-0.2, 0) is 9.53 Å². The lowest BCUT2D eigenvalue weighted by atomic mass is 10.2. The normalized spacial score (nSPS) is 13.8. The van der Waals surface area contributed by atoms with Crippen molar-refractivity contribution >= 4 is 12.0 Å². The van der Waals surface area contributed by atoms with Crippen LogP contribution in [0.5, 0.6) is 0 Å². The van der Waals surface area contributed by atoms with Gasteiger partial charge in [-0.2, -0.15) is 0 Å². The van der Waals surface area contributed by atoms with Gasteiger partial charge in [0.05, 0.1) is 13.0 Å². The maximum absolute atomic E-state index is 12.0. The highest BCUT2D eigenvalue weighted by Crippen LogP contribution is 2.05. The average molecular weight is 260 g/mol. The zero-order valence-corrected chi connectivity index (χ0v) is 11.6. The van der Waals surface area contributed by atoms with E-state index in [4.69, 9.17) is 9.84 Å². The summed E-state index contributed by atoms with van der Waals surface area (Å²) < 4.78 is 4.97. The van der Waals surface area contributed by atoms with E-state index in [1.807, 2.05) is 13.8 Å². The predicted octanol–water partition coefficient (Wildman–Crippen LogP) is 1.31. The van der Waals surface area contributed by atoms with E-state index in [1.54, 1.807) is 18.9 Å². The molecule has 6 nitrogen and oxygen atoms in total. The number of urea groups is 1. The van der Waals surface area contributed by atoms with Gasteiger partial charge in [-0.3, -0.25) is 4.79 Å². The van der Waals surface area contributed by atoms with Gasteiger partial charge in [-0.25, -0.2) is 4.79 Å². The van der Waals surface area contributed by atoms with Crippen LogP contribution < -0.4 is 5.32 Å². The molecule has 0 rings (SSSR count). The Bertz CT molecular complexity index is 271. The number of nitrogens with zero attached hydrogens (tertiary/aromatic N) is 1. The van der Waals surface area contributed by atoms with Gasteiger partial charge >= 0.3 is 12.0 Å². The van der Waals surface area contributed by atoms with E-state index in [1.165, 1.54) is 0 Å². The molecule has 0 bridgehead atoms. The fourth-order valence-electron chi connectivity index (χ4n) is 1.54. The van der Waals surface area contributed by atoms with E-state index < -0.39 is 5.97 Å². The Morgan fingerprint density at radius 2 is 2.00 bits per heavy atom. The number of aliphatic carboxylic acids is 1. The first kappa shape index (κ1) is 16.7. The van der Waals surface area contributed by atoms with E-state index in [2.05, 4.69) is 5.32 Å². The molecule has 2 N–H and O–H groups in total. The van der Waals surface area contributed by atoms with E-state index in [0.29, 0.717) is 13.2 Å². The Morgan fingerprint density at radius 3 is 2.44 bits per heavy atom. The van der Waals surface area contributed by atoms with Gasteiger partial charge in [0.1, 0.15) is 0 Å². The van der Waals surface area contributed by atoms with Gasteiger partial charge in [-0.15, -0.1) is 0 Å². The Kier molecular flexibility index (Phi) is 8.11. The summed E-state index contributed by atoms with van der Waals surface area (Å²) in [7, 11) is 1.58. The van der Waals surface area contributed by atoms with Crippen LogP contribution in [0.1, 0.15) is 33.6 Å². The summed E-state index contributed by atoms with van der Waals surface area (Å²) >= 11 is 0. The van der Waals surface area contributed by atoms with Crippen LogP contribution in [0.25, 0.3) is 0 Å². The molecule has 2 unspecified atom stereocenters. The summed E-state index contributed by atoms with van der Waals surface area (Å²) in [6.07, 6.45) is 0.759. The lowest BCUT2D eigenvalue weighted by Crippen LogP contribution is -2.49. The van der Waals surface area contributed by atoms with Crippen molar-refractivity contribution in [2.24, 2.45) is 0 Å². The second-order valence-electron chi connectivity index (χ2n) is 4.39. The zero-order valence-electron chi connectivity index (χ0n) is 11.6. The summed E-state index contributed by atoms with van der Waals surface area (Å²) in [5, 5.41) is 11.3. The summed E-state index contributed by atoms with van der Waals surface area (Å²) in [5.41, 5.74) is 0. The molecule has 0 aliphatic carbocycles. The van der Waals surface area contributed by atoms with Gasteiger partial charge in [0.2, 0.25) is 0 Å². The molecular formula is C12H24N2O4. The number of amides is 2. The second-order valence-corrected chi connectivity index (χ2v) is 4.39. The molecule has 0 aliphatic heterocycles. The molecule has 0 saturated heterocycles. The maximum atomic E-state index is 12.0. The molecular weight excluding hydrogens is 236 g/mol. The number of carboxylic acid groups (broad SMARTS) is 1. The van der Waals surface area contributed by atoms with Crippen molar-refractivity contribution in [3.63, 3.8) is 0 Å². The Morgan fingerprint density at radius 1 is 1.39 bits per heavy atom. The fraction of sp³-hybridized carbons (Fsp3) is 0.833. The van der Waals surface area contributed by atoms with Crippen molar-refractivity contribution in [2.45, 2.75) is 45.7 Å². The number of nitrogens with one attached hydrogen (secondary N) is 1. The molecule has 0 spiro atoms. The molecule has 2 amide bonds. The van der Waals surface area contributed by atoms with Crippen LogP contribution in [0.2, 0.25) is 0 Å². The molecule has 0 aromatic carbocycles. The van der Waals surface area contributed by atoms with Gasteiger partial charge in [-0.05, 0) is 20.3 Å². The van der Waals surface area contributed by atoms with Gasteiger partial charge in [0.15, 0.2) is 0 Å². The molecule has 0 aromatic heterocycles. The highest BCUT2D eigenvalue weighted by molar-refractivity contribution is 5.76. The first-order chi connectivity index (χ1) is 8.42. The standard InChI is InChI=1S/C12H24N2O4/c1-5-10(3)14(6-7-18-4)12(17)13-9(2)8-11(15)16/h9-10H,5-8H2,1-4H3,(H,13,17)(H,15,16). The number of methoxy groups -OCH3 is 1. The van der Waals surface area contributed by atoms with Gasteiger partial charge in [0, 0.05) is 25.7 Å². The number of carbonyl (C=O) groups excluding carboxylic acids is 1. The van der Waals surface area contributed by atoms with Crippen LogP contribution in [0.4, 0.5) is 4.79 Å². The third-order valence-corrected chi connectivity index (χ3v) is 2.77. The Balaban J connectivity index is 4.40. The van der Waals surface area contributed by atoms with Crippen LogP contribution in [-0.4, -0.2) is 54.4 Å². The molecule has 106 valence electrons. The largest absolute Gasteiger partial charge is 0.481 e. The number of rotatable bonds is 8. The molecule has 0 saturated carbocycles. The maximum Gasteiger partial charge on any atom is 0.317 e. The van der Waals surface area contributed by atoms with Gasteiger partial charge in [-0.1, -0.05) is 6.92 Å². The number of ether oxygens (including phenoxy) is 1. The summed E-state index contributed by atoms with van der Waals surface area (Å²) in [6, 6.07) is -0.531. The van der Waals surface area contributed by atoms with Crippen molar-refractivity contribution in [2.75, 3.05) is 20.3 Å². The number of carbonyl (C=O) groups is 2. The molecule has 2 atom stereocenters. The number of carboxylic acids is 1. The topological polar surface area (TPSA) is 78.9 Å². The third kappa shape index (κ3) is 6.44. The highest BCUT2D eigenvalue weighted by atomic mass is 16.5. The lowest BCUT2D eigenvalue weighted by Gasteiger charge is -2.29. The van der Waals surface area contributed by atoms with Gasteiger partial charge in [0.25, 0.3) is 0 Å². The molecule has 0 radical (unpaired) electrons. The quantitative estimate of drug-likeness (QED) is 0.689. The summed E-state index contributed by atoms with van der Waals surface area (Å²) in [5.74, 6) is -0.921. The zero-order chi connectivity index (χ0) is 14.1. The molecule has 0 heterocycles. The third-order valence-electron chi connectivity index (χ3n) is 2.77. The molecule has 6 heteroatoms.